The number of rotatable bonds is 4. The summed E-state index contributed by atoms with van der Waals surface area (Å²) in [6, 6.07) is 0. The molecule has 15 heavy (non-hydrogen) atoms. The van der Waals surface area contributed by atoms with Crippen LogP contribution < -0.4 is 5.84 Å². The maximum absolute atomic E-state index is 11.4. The van der Waals surface area contributed by atoms with Crippen molar-refractivity contribution in [2.45, 2.75) is 53.1 Å². The van der Waals surface area contributed by atoms with Gasteiger partial charge in [-0.2, -0.15) is 0 Å². The largest absolute Gasteiger partial charge is 0.443 e. The van der Waals surface area contributed by atoms with Crippen molar-refractivity contribution in [1.82, 2.24) is 5.01 Å². The minimum absolute atomic E-state index is 0.453. The molecular formula is C11H24N2O2. The molecule has 0 fully saturated rings. The predicted molar refractivity (Wildman–Crippen MR) is 61.2 cm³/mol. The van der Waals surface area contributed by atoms with Gasteiger partial charge in [0.05, 0.1) is 0 Å². The predicted octanol–water partition coefficient (Wildman–Crippen LogP) is 2.53. The lowest BCUT2D eigenvalue weighted by molar-refractivity contribution is 0.0243. The SMILES string of the molecule is CC(C)CCCN(N)C(=O)OC(C)(C)C. The van der Waals surface area contributed by atoms with Gasteiger partial charge >= 0.3 is 6.09 Å². The second kappa shape index (κ2) is 5.95. The molecule has 90 valence electrons. The van der Waals surface area contributed by atoms with E-state index in [1.165, 1.54) is 0 Å². The molecule has 0 radical (unpaired) electrons. The van der Waals surface area contributed by atoms with Gasteiger partial charge in [-0.25, -0.2) is 15.6 Å². The van der Waals surface area contributed by atoms with Crippen molar-refractivity contribution in [3.8, 4) is 0 Å². The summed E-state index contributed by atoms with van der Waals surface area (Å²) in [5.41, 5.74) is -0.479. The highest BCUT2D eigenvalue weighted by atomic mass is 16.6. The van der Waals surface area contributed by atoms with Crippen LogP contribution in [0.15, 0.2) is 0 Å². The standard InChI is InChI=1S/C11H24N2O2/c1-9(2)7-6-8-13(12)10(14)15-11(3,4)5/h9H,6-8,12H2,1-5H3. The Kier molecular flexibility index (Phi) is 5.65. The van der Waals surface area contributed by atoms with Crippen molar-refractivity contribution in [2.24, 2.45) is 11.8 Å². The molecule has 0 aromatic heterocycles. The molecular weight excluding hydrogens is 192 g/mol. The van der Waals surface area contributed by atoms with Gasteiger partial charge in [-0.3, -0.25) is 0 Å². The summed E-state index contributed by atoms with van der Waals surface area (Å²) in [6.45, 7) is 10.3. The molecule has 0 atom stereocenters. The van der Waals surface area contributed by atoms with E-state index in [1.54, 1.807) is 0 Å². The van der Waals surface area contributed by atoms with Crippen LogP contribution in [0.3, 0.4) is 0 Å². The highest BCUT2D eigenvalue weighted by Crippen LogP contribution is 2.09. The minimum Gasteiger partial charge on any atom is -0.443 e. The average molecular weight is 216 g/mol. The first-order chi connectivity index (χ1) is 6.72. The Morgan fingerprint density at radius 3 is 2.33 bits per heavy atom. The molecule has 0 rings (SSSR count). The highest BCUT2D eigenvalue weighted by Gasteiger charge is 2.19. The van der Waals surface area contributed by atoms with Gasteiger partial charge in [-0.1, -0.05) is 13.8 Å². The smallest absolute Gasteiger partial charge is 0.424 e. The van der Waals surface area contributed by atoms with Crippen molar-refractivity contribution >= 4 is 6.09 Å². The molecule has 0 saturated heterocycles. The van der Waals surface area contributed by atoms with Crippen molar-refractivity contribution in [1.29, 1.82) is 0 Å². The average Bonchev–Trinajstić information content (AvgIpc) is 1.99. The quantitative estimate of drug-likeness (QED) is 0.446. The van der Waals surface area contributed by atoms with E-state index in [0.717, 1.165) is 17.9 Å². The number of hydrogen-bond acceptors (Lipinski definition) is 3. The van der Waals surface area contributed by atoms with Gasteiger partial charge in [0, 0.05) is 6.54 Å². The molecule has 4 heteroatoms. The van der Waals surface area contributed by atoms with Crippen LogP contribution in [0.25, 0.3) is 0 Å². The van der Waals surface area contributed by atoms with Crippen LogP contribution in [0.1, 0.15) is 47.5 Å². The molecule has 1 amide bonds. The number of hydrazine groups is 1. The number of hydrogen-bond donors (Lipinski definition) is 1. The molecule has 0 aliphatic rings. The van der Waals surface area contributed by atoms with E-state index in [4.69, 9.17) is 10.6 Å². The van der Waals surface area contributed by atoms with Gasteiger partial charge in [-0.05, 0) is 39.5 Å². The zero-order valence-electron chi connectivity index (χ0n) is 10.5. The molecule has 0 heterocycles. The van der Waals surface area contributed by atoms with Crippen LogP contribution in [-0.2, 0) is 4.74 Å². The second-order valence-electron chi connectivity index (χ2n) is 5.21. The van der Waals surface area contributed by atoms with Gasteiger partial charge in [0.15, 0.2) is 0 Å². The maximum Gasteiger partial charge on any atom is 0.424 e. The summed E-state index contributed by atoms with van der Waals surface area (Å²) in [5.74, 6) is 6.21. The Morgan fingerprint density at radius 1 is 1.40 bits per heavy atom. The van der Waals surface area contributed by atoms with Gasteiger partial charge in [-0.15, -0.1) is 0 Å². The van der Waals surface area contributed by atoms with Gasteiger partial charge in [0.2, 0.25) is 0 Å². The molecule has 2 N–H and O–H groups in total. The van der Waals surface area contributed by atoms with Crippen LogP contribution in [-0.4, -0.2) is 23.2 Å². The van der Waals surface area contributed by atoms with Gasteiger partial charge in [0.1, 0.15) is 5.60 Å². The van der Waals surface area contributed by atoms with E-state index in [1.807, 2.05) is 20.8 Å². The number of nitrogens with zero attached hydrogens (tertiary/aromatic N) is 1. The summed E-state index contributed by atoms with van der Waals surface area (Å²) in [5, 5.41) is 1.15. The van der Waals surface area contributed by atoms with Crippen molar-refractivity contribution in [3.63, 3.8) is 0 Å². The van der Waals surface area contributed by atoms with E-state index in [2.05, 4.69) is 13.8 Å². The number of nitrogens with two attached hydrogens (primary N) is 1. The molecule has 0 bridgehead atoms. The fourth-order valence-electron chi connectivity index (χ4n) is 1.08. The minimum atomic E-state index is -0.479. The third-order valence-electron chi connectivity index (χ3n) is 1.81. The fourth-order valence-corrected chi connectivity index (χ4v) is 1.08. The van der Waals surface area contributed by atoms with Crippen LogP contribution in [0, 0.1) is 5.92 Å². The molecule has 0 saturated carbocycles. The molecule has 4 nitrogen and oxygen atoms in total. The topological polar surface area (TPSA) is 55.6 Å². The zero-order chi connectivity index (χ0) is 12.1. The summed E-state index contributed by atoms with van der Waals surface area (Å²) >= 11 is 0. The monoisotopic (exact) mass is 216 g/mol. The summed E-state index contributed by atoms with van der Waals surface area (Å²) in [4.78, 5) is 11.4. The Labute approximate surface area is 92.7 Å². The Balaban J connectivity index is 3.80. The zero-order valence-corrected chi connectivity index (χ0v) is 10.5. The third kappa shape index (κ3) is 8.24. The third-order valence-corrected chi connectivity index (χ3v) is 1.81. The van der Waals surface area contributed by atoms with Crippen molar-refractivity contribution in [3.05, 3.63) is 0 Å². The normalized spacial score (nSPS) is 11.7. The number of ether oxygens (including phenoxy) is 1. The molecule has 0 aliphatic heterocycles. The van der Waals surface area contributed by atoms with Gasteiger partial charge in [0.25, 0.3) is 0 Å². The van der Waals surface area contributed by atoms with E-state index >= 15 is 0 Å². The first kappa shape index (κ1) is 14.2. The first-order valence-corrected chi connectivity index (χ1v) is 5.47. The molecule has 0 unspecified atom stereocenters. The number of carbonyl (C=O) groups is 1. The molecule has 0 spiro atoms. The van der Waals surface area contributed by atoms with Crippen LogP contribution in [0.2, 0.25) is 0 Å². The fraction of sp³-hybridized carbons (Fsp3) is 0.909. The molecule has 0 aromatic carbocycles. The highest BCUT2D eigenvalue weighted by molar-refractivity contribution is 5.67. The van der Waals surface area contributed by atoms with Gasteiger partial charge < -0.3 is 4.74 Å². The summed E-state index contributed by atoms with van der Waals surface area (Å²) < 4.78 is 5.12. The Hall–Kier alpha value is -0.770. The maximum atomic E-state index is 11.4. The Bertz CT molecular complexity index is 197. The summed E-state index contributed by atoms with van der Waals surface area (Å²) in [6.07, 6.45) is 1.52. The molecule has 0 aromatic rings. The molecule has 0 aliphatic carbocycles. The van der Waals surface area contributed by atoms with Crippen molar-refractivity contribution in [2.75, 3.05) is 6.54 Å². The van der Waals surface area contributed by atoms with Crippen LogP contribution in [0.4, 0.5) is 4.79 Å². The van der Waals surface area contributed by atoms with Crippen LogP contribution in [0.5, 0.6) is 0 Å². The van der Waals surface area contributed by atoms with E-state index in [0.29, 0.717) is 12.5 Å². The van der Waals surface area contributed by atoms with E-state index < -0.39 is 11.7 Å². The lowest BCUT2D eigenvalue weighted by atomic mass is 10.1. The van der Waals surface area contributed by atoms with E-state index in [9.17, 15) is 4.79 Å². The lowest BCUT2D eigenvalue weighted by Gasteiger charge is -2.24. The van der Waals surface area contributed by atoms with E-state index in [-0.39, 0.29) is 0 Å². The number of carbonyl (C=O) groups excluding carboxylic acids is 1. The van der Waals surface area contributed by atoms with Crippen molar-refractivity contribution < 1.29 is 9.53 Å². The second-order valence-corrected chi connectivity index (χ2v) is 5.21. The first-order valence-electron chi connectivity index (χ1n) is 5.47. The van der Waals surface area contributed by atoms with Crippen LogP contribution >= 0.6 is 0 Å². The number of amides is 1. The lowest BCUT2D eigenvalue weighted by Crippen LogP contribution is -2.42. The summed E-state index contributed by atoms with van der Waals surface area (Å²) in [7, 11) is 0. The Morgan fingerprint density at radius 2 is 1.93 bits per heavy atom.